The van der Waals surface area contributed by atoms with Crippen LogP contribution in [0.4, 0.5) is 0 Å². The Kier molecular flexibility index (Phi) is 6.36. The molecule has 0 aliphatic carbocycles. The maximum Gasteiger partial charge on any atom is 0.266 e. The minimum atomic E-state index is -3.11. The number of sulfone groups is 1. The fraction of sp³-hybridized carbons (Fsp3) is 0.273. The number of thioether (sulfide) groups is 1. The van der Waals surface area contributed by atoms with Crippen LogP contribution in [0.25, 0.3) is 6.08 Å². The standard InChI is InChI=1S/C22H21NO5S3/c1-27-19-11-16(7-8-18(19)28-13-15-5-3-2-4-6-15)12-20-21(24)23(22(29)30-20)17-9-10-31(25,26)14-17/h2-8,11-12,17H,9-10,13-14H2,1H3/b20-12+/t17-/m1/s1. The van der Waals surface area contributed by atoms with Crippen molar-refractivity contribution in [2.24, 2.45) is 0 Å². The van der Waals surface area contributed by atoms with Crippen molar-refractivity contribution in [3.63, 3.8) is 0 Å². The van der Waals surface area contributed by atoms with Crippen molar-refractivity contribution in [3.05, 3.63) is 64.6 Å². The first-order valence-corrected chi connectivity index (χ1v) is 12.7. The highest BCUT2D eigenvalue weighted by molar-refractivity contribution is 8.26. The van der Waals surface area contributed by atoms with Crippen LogP contribution in [0.5, 0.6) is 11.5 Å². The number of thiocarbonyl (C=S) groups is 1. The highest BCUT2D eigenvalue weighted by Crippen LogP contribution is 2.37. The molecule has 0 saturated carbocycles. The van der Waals surface area contributed by atoms with Crippen LogP contribution in [-0.4, -0.2) is 48.2 Å². The Morgan fingerprint density at radius 2 is 1.97 bits per heavy atom. The number of carbonyl (C=O) groups excluding carboxylic acids is 1. The van der Waals surface area contributed by atoms with E-state index < -0.39 is 9.84 Å². The van der Waals surface area contributed by atoms with Crippen molar-refractivity contribution >= 4 is 50.1 Å². The molecule has 0 aromatic heterocycles. The van der Waals surface area contributed by atoms with Crippen LogP contribution in [0.1, 0.15) is 17.5 Å². The largest absolute Gasteiger partial charge is 0.493 e. The van der Waals surface area contributed by atoms with E-state index in [2.05, 4.69) is 0 Å². The highest BCUT2D eigenvalue weighted by Gasteiger charge is 2.42. The fourth-order valence-electron chi connectivity index (χ4n) is 3.55. The molecule has 2 fully saturated rings. The third kappa shape index (κ3) is 4.94. The molecule has 2 aromatic carbocycles. The van der Waals surface area contributed by atoms with Gasteiger partial charge in [0.25, 0.3) is 5.91 Å². The van der Waals surface area contributed by atoms with Gasteiger partial charge in [-0.2, -0.15) is 0 Å². The van der Waals surface area contributed by atoms with E-state index >= 15 is 0 Å². The third-order valence-electron chi connectivity index (χ3n) is 5.12. The van der Waals surface area contributed by atoms with E-state index in [0.29, 0.717) is 33.8 Å². The molecule has 4 rings (SSSR count). The van der Waals surface area contributed by atoms with Gasteiger partial charge in [0, 0.05) is 0 Å². The molecular formula is C22H21NO5S3. The molecule has 6 nitrogen and oxygen atoms in total. The summed E-state index contributed by atoms with van der Waals surface area (Å²) in [6.07, 6.45) is 2.16. The van der Waals surface area contributed by atoms with Crippen molar-refractivity contribution in [1.82, 2.24) is 4.90 Å². The lowest BCUT2D eigenvalue weighted by Gasteiger charge is -2.20. The molecule has 1 amide bonds. The minimum Gasteiger partial charge on any atom is -0.493 e. The molecule has 9 heteroatoms. The first kappa shape index (κ1) is 21.9. The maximum absolute atomic E-state index is 12.9. The number of hydrogen-bond donors (Lipinski definition) is 0. The van der Waals surface area contributed by atoms with Crippen molar-refractivity contribution in [1.29, 1.82) is 0 Å². The molecule has 0 radical (unpaired) electrons. The summed E-state index contributed by atoms with van der Waals surface area (Å²) in [7, 11) is -1.54. The van der Waals surface area contributed by atoms with Crippen LogP contribution in [0, 0.1) is 0 Å². The quantitative estimate of drug-likeness (QED) is 0.466. The van der Waals surface area contributed by atoms with Crippen LogP contribution < -0.4 is 9.47 Å². The Hall–Kier alpha value is -2.36. The van der Waals surface area contributed by atoms with E-state index in [1.54, 1.807) is 25.3 Å². The molecule has 162 valence electrons. The SMILES string of the molecule is COc1cc(/C=C2/SC(=S)N([C@@H]3CCS(=O)(=O)C3)C2=O)ccc1OCc1ccccc1. The number of hydrogen-bond acceptors (Lipinski definition) is 7. The lowest BCUT2D eigenvalue weighted by molar-refractivity contribution is -0.123. The molecule has 2 aliphatic heterocycles. The summed E-state index contributed by atoms with van der Waals surface area (Å²) in [6, 6.07) is 14.9. The Balaban J connectivity index is 1.50. The Morgan fingerprint density at radius 1 is 1.19 bits per heavy atom. The van der Waals surface area contributed by atoms with Gasteiger partial charge in [0.1, 0.15) is 10.9 Å². The molecule has 0 bridgehead atoms. The minimum absolute atomic E-state index is 0.0337. The fourth-order valence-corrected chi connectivity index (χ4v) is 6.65. The number of carbonyl (C=O) groups is 1. The Morgan fingerprint density at radius 3 is 2.65 bits per heavy atom. The molecule has 2 heterocycles. The summed E-state index contributed by atoms with van der Waals surface area (Å²) in [6.45, 7) is 0.416. The van der Waals surface area contributed by atoms with Crippen molar-refractivity contribution in [2.45, 2.75) is 19.1 Å². The van der Waals surface area contributed by atoms with E-state index in [-0.39, 0.29) is 23.5 Å². The predicted octanol–water partition coefficient (Wildman–Crippen LogP) is 3.66. The summed E-state index contributed by atoms with van der Waals surface area (Å²) >= 11 is 6.55. The normalized spacial score (nSPS) is 21.6. The second kappa shape index (κ2) is 9.02. The second-order valence-electron chi connectivity index (χ2n) is 7.29. The molecule has 2 aromatic rings. The van der Waals surface area contributed by atoms with Gasteiger partial charge in [0.2, 0.25) is 0 Å². The molecule has 2 saturated heterocycles. The lowest BCUT2D eigenvalue weighted by atomic mass is 10.1. The number of nitrogens with zero attached hydrogens (tertiary/aromatic N) is 1. The van der Waals surface area contributed by atoms with Gasteiger partial charge in [0.15, 0.2) is 21.3 Å². The highest BCUT2D eigenvalue weighted by atomic mass is 32.2. The number of amides is 1. The van der Waals surface area contributed by atoms with Crippen LogP contribution in [0.2, 0.25) is 0 Å². The topological polar surface area (TPSA) is 72.9 Å². The number of methoxy groups -OCH3 is 1. The van der Waals surface area contributed by atoms with Crippen molar-refractivity contribution < 1.29 is 22.7 Å². The number of rotatable bonds is 6. The van der Waals surface area contributed by atoms with Crippen LogP contribution in [-0.2, 0) is 21.2 Å². The van der Waals surface area contributed by atoms with Crippen molar-refractivity contribution in [3.8, 4) is 11.5 Å². The molecule has 1 atom stereocenters. The Bertz CT molecular complexity index is 1140. The number of benzene rings is 2. The molecule has 0 unspecified atom stereocenters. The summed E-state index contributed by atoms with van der Waals surface area (Å²) in [5.41, 5.74) is 1.81. The summed E-state index contributed by atoms with van der Waals surface area (Å²) < 4.78 is 35.3. The van der Waals surface area contributed by atoms with Gasteiger partial charge in [-0.25, -0.2) is 8.42 Å². The van der Waals surface area contributed by atoms with E-state index in [4.69, 9.17) is 21.7 Å². The van der Waals surface area contributed by atoms with E-state index in [1.165, 1.54) is 16.7 Å². The van der Waals surface area contributed by atoms with Gasteiger partial charge < -0.3 is 9.47 Å². The summed E-state index contributed by atoms with van der Waals surface area (Å²) in [5, 5.41) is 0. The van der Waals surface area contributed by atoms with Gasteiger partial charge in [-0.1, -0.05) is 60.4 Å². The van der Waals surface area contributed by atoms with Gasteiger partial charge in [-0.15, -0.1) is 0 Å². The zero-order chi connectivity index (χ0) is 22.0. The monoisotopic (exact) mass is 475 g/mol. The smallest absolute Gasteiger partial charge is 0.266 e. The predicted molar refractivity (Wildman–Crippen MR) is 126 cm³/mol. The molecular weight excluding hydrogens is 454 g/mol. The first-order chi connectivity index (χ1) is 14.9. The van der Waals surface area contributed by atoms with Gasteiger partial charge >= 0.3 is 0 Å². The summed E-state index contributed by atoms with van der Waals surface area (Å²) in [5.74, 6) is 0.971. The van der Waals surface area contributed by atoms with Crippen molar-refractivity contribution in [2.75, 3.05) is 18.6 Å². The molecule has 0 N–H and O–H groups in total. The Labute approximate surface area is 191 Å². The molecule has 2 aliphatic rings. The van der Waals surface area contributed by atoms with Crippen LogP contribution in [0.3, 0.4) is 0 Å². The zero-order valence-electron chi connectivity index (χ0n) is 16.8. The van der Waals surface area contributed by atoms with Crippen LogP contribution in [0.15, 0.2) is 53.4 Å². The first-order valence-electron chi connectivity index (χ1n) is 9.68. The van der Waals surface area contributed by atoms with Gasteiger partial charge in [0.05, 0.1) is 29.6 Å². The zero-order valence-corrected chi connectivity index (χ0v) is 19.3. The second-order valence-corrected chi connectivity index (χ2v) is 11.2. The third-order valence-corrected chi connectivity index (χ3v) is 8.20. The molecule has 31 heavy (non-hydrogen) atoms. The van der Waals surface area contributed by atoms with Crippen LogP contribution >= 0.6 is 24.0 Å². The number of ether oxygens (including phenoxy) is 2. The van der Waals surface area contributed by atoms with Gasteiger partial charge in [-0.05, 0) is 35.8 Å². The summed E-state index contributed by atoms with van der Waals surface area (Å²) in [4.78, 5) is 14.8. The van der Waals surface area contributed by atoms with E-state index in [1.807, 2.05) is 36.4 Å². The van der Waals surface area contributed by atoms with Gasteiger partial charge in [-0.3, -0.25) is 9.69 Å². The lowest BCUT2D eigenvalue weighted by Crippen LogP contribution is -2.39. The molecule has 0 spiro atoms. The average Bonchev–Trinajstić information content (AvgIpc) is 3.25. The van der Waals surface area contributed by atoms with E-state index in [9.17, 15) is 13.2 Å². The maximum atomic E-state index is 12.9. The van der Waals surface area contributed by atoms with E-state index in [0.717, 1.165) is 11.1 Å². The average molecular weight is 476 g/mol.